The van der Waals surface area contributed by atoms with E-state index in [4.69, 9.17) is 47.4 Å². The Morgan fingerprint density at radius 2 is 1.20 bits per heavy atom. The Kier molecular flexibility index (Phi) is 14.0. The fourth-order valence-electron chi connectivity index (χ4n) is 6.73. The van der Waals surface area contributed by atoms with E-state index in [0.29, 0.717) is 17.5 Å². The molecule has 2 aliphatic rings. The highest BCUT2D eigenvalue weighted by Crippen LogP contribution is 2.47. The predicted molar refractivity (Wildman–Crippen MR) is 196 cm³/mol. The van der Waals surface area contributed by atoms with Gasteiger partial charge in [-0.1, -0.05) is 0 Å². The molecule has 17 heteroatoms. The van der Waals surface area contributed by atoms with E-state index in [-0.39, 0.29) is 70.9 Å². The number of hydrogen-bond acceptors (Lipinski definition) is 17. The number of methoxy groups -OCH3 is 6. The molecule has 0 bridgehead atoms. The van der Waals surface area contributed by atoms with Crippen LogP contribution in [0, 0.1) is 11.8 Å². The Morgan fingerprint density at radius 3 is 1.71 bits per heavy atom. The zero-order valence-corrected chi connectivity index (χ0v) is 31.7. The summed E-state index contributed by atoms with van der Waals surface area (Å²) < 4.78 is 55.4. The number of aliphatic hydroxyl groups is 3. The van der Waals surface area contributed by atoms with Crippen molar-refractivity contribution in [2.45, 2.75) is 43.2 Å². The van der Waals surface area contributed by atoms with Gasteiger partial charge in [-0.3, -0.25) is 0 Å². The fraction of sp³-hybridized carbons (Fsp3) is 0.462. The number of phenolic OH excluding ortho intramolecular Hbond substituents is 3. The van der Waals surface area contributed by atoms with Crippen molar-refractivity contribution >= 4 is 12.0 Å². The topological polar surface area (TPSA) is 231 Å². The maximum atomic E-state index is 12.7. The first kappa shape index (κ1) is 42.0. The van der Waals surface area contributed by atoms with Crippen molar-refractivity contribution in [1.29, 1.82) is 0 Å². The number of aliphatic hydroxyl groups excluding tert-OH is 3. The van der Waals surface area contributed by atoms with Crippen molar-refractivity contribution in [2.75, 3.05) is 62.5 Å². The first-order valence-electron chi connectivity index (χ1n) is 17.5. The average Bonchev–Trinajstić information content (AvgIpc) is 3.60. The van der Waals surface area contributed by atoms with Crippen LogP contribution in [-0.2, 0) is 30.2 Å². The number of hydrogen-bond donors (Lipinski definition) is 6. The quantitative estimate of drug-likeness (QED) is 0.0905. The summed E-state index contributed by atoms with van der Waals surface area (Å²) in [6.45, 7) is -0.376. The van der Waals surface area contributed by atoms with Gasteiger partial charge in [-0.15, -0.1) is 0 Å². The van der Waals surface area contributed by atoms with Gasteiger partial charge in [0.05, 0.1) is 62.0 Å². The Bertz CT molecular complexity index is 1770. The minimum Gasteiger partial charge on any atom is -0.502 e. The monoisotopic (exact) mass is 788 g/mol. The molecule has 8 unspecified atom stereocenters. The maximum Gasteiger partial charge on any atom is 0.330 e. The summed E-state index contributed by atoms with van der Waals surface area (Å²) in [7, 11) is 8.38. The van der Waals surface area contributed by atoms with Gasteiger partial charge in [-0.2, -0.15) is 0 Å². The number of carbonyl (C=O) groups is 1. The van der Waals surface area contributed by atoms with Crippen LogP contribution in [0.1, 0.15) is 22.8 Å². The van der Waals surface area contributed by atoms with E-state index in [2.05, 4.69) is 0 Å². The van der Waals surface area contributed by atoms with Crippen molar-refractivity contribution < 1.29 is 82.8 Å². The Balaban J connectivity index is 1.33. The van der Waals surface area contributed by atoms with Gasteiger partial charge in [0.25, 0.3) is 0 Å². The Hall–Kier alpha value is -5.17. The summed E-state index contributed by atoms with van der Waals surface area (Å²) >= 11 is 0. The third-order valence-electron chi connectivity index (χ3n) is 9.78. The van der Waals surface area contributed by atoms with Crippen LogP contribution in [0.2, 0.25) is 0 Å². The fourth-order valence-corrected chi connectivity index (χ4v) is 6.73. The number of carbonyl (C=O) groups excluding carboxylic acids is 1. The van der Waals surface area contributed by atoms with E-state index in [1.54, 1.807) is 24.3 Å². The molecular weight excluding hydrogens is 740 g/mol. The molecule has 3 aromatic rings. The van der Waals surface area contributed by atoms with Crippen LogP contribution in [0.4, 0.5) is 0 Å². The summed E-state index contributed by atoms with van der Waals surface area (Å²) in [5, 5.41) is 63.6. The molecule has 2 heterocycles. The van der Waals surface area contributed by atoms with Gasteiger partial charge in [0.2, 0.25) is 17.2 Å². The first-order valence-corrected chi connectivity index (χ1v) is 17.5. The molecule has 0 radical (unpaired) electrons. The zero-order chi connectivity index (χ0) is 40.7. The standard InChI is InChI=1S/C39H48O17/c1-47-24-10-19(11-25(48-2)32(24)41)7-8-31(40)53-18-30-35(44)36(45)37(46)39(56-30)55-17-23-22(9-20-12-26(49-3)33(42)27(13-20)50-4)16-54-38(23)21-14-28(51-5)34(43)29(15-21)52-6/h7-8,10-15,22-23,30,35-39,41-46H,9,16-18H2,1-6H3. The van der Waals surface area contributed by atoms with Crippen molar-refractivity contribution in [1.82, 2.24) is 0 Å². The van der Waals surface area contributed by atoms with Crippen LogP contribution in [0.3, 0.4) is 0 Å². The van der Waals surface area contributed by atoms with Gasteiger partial charge in [-0.25, -0.2) is 4.79 Å². The molecule has 0 amide bonds. The second-order valence-electron chi connectivity index (χ2n) is 13.1. The summed E-state index contributed by atoms with van der Waals surface area (Å²) in [6.07, 6.45) is -5.56. The normalized spacial score (nSPS) is 24.8. The number of esters is 1. The highest BCUT2D eigenvalue weighted by molar-refractivity contribution is 5.87. The van der Waals surface area contributed by atoms with E-state index >= 15 is 0 Å². The van der Waals surface area contributed by atoms with Crippen molar-refractivity contribution in [2.24, 2.45) is 11.8 Å². The molecule has 17 nitrogen and oxygen atoms in total. The maximum absolute atomic E-state index is 12.7. The summed E-state index contributed by atoms with van der Waals surface area (Å²) in [4.78, 5) is 12.7. The molecule has 0 aromatic heterocycles. The Morgan fingerprint density at radius 1 is 0.696 bits per heavy atom. The third kappa shape index (κ3) is 9.09. The van der Waals surface area contributed by atoms with Crippen molar-refractivity contribution in [3.63, 3.8) is 0 Å². The van der Waals surface area contributed by atoms with Crippen LogP contribution in [0.15, 0.2) is 42.5 Å². The molecule has 2 fully saturated rings. The molecule has 8 atom stereocenters. The lowest BCUT2D eigenvalue weighted by molar-refractivity contribution is -0.304. The zero-order valence-electron chi connectivity index (χ0n) is 31.7. The molecular formula is C39H48O17. The van der Waals surface area contributed by atoms with E-state index in [1.165, 1.54) is 60.9 Å². The van der Waals surface area contributed by atoms with E-state index < -0.39 is 55.3 Å². The molecule has 0 saturated carbocycles. The average molecular weight is 789 g/mol. The van der Waals surface area contributed by atoms with Gasteiger partial charge in [0, 0.05) is 12.0 Å². The van der Waals surface area contributed by atoms with Crippen LogP contribution in [0.25, 0.3) is 6.08 Å². The minimum atomic E-state index is -1.72. The highest BCUT2D eigenvalue weighted by atomic mass is 16.7. The number of phenols is 3. The lowest BCUT2D eigenvalue weighted by Crippen LogP contribution is -2.59. The molecule has 0 aliphatic carbocycles. The second kappa shape index (κ2) is 18.6. The van der Waals surface area contributed by atoms with E-state index in [1.807, 2.05) is 0 Å². The predicted octanol–water partition coefficient (Wildman–Crippen LogP) is 2.48. The summed E-state index contributed by atoms with van der Waals surface area (Å²) in [5.74, 6) is -1.11. The molecule has 6 N–H and O–H groups in total. The third-order valence-corrected chi connectivity index (χ3v) is 9.78. The van der Waals surface area contributed by atoms with Crippen molar-refractivity contribution in [3.05, 3.63) is 59.2 Å². The number of ether oxygens (including phenoxy) is 10. The van der Waals surface area contributed by atoms with Gasteiger partial charge < -0.3 is 78.0 Å². The second-order valence-corrected chi connectivity index (χ2v) is 13.1. The van der Waals surface area contributed by atoms with Gasteiger partial charge in [0.15, 0.2) is 40.8 Å². The van der Waals surface area contributed by atoms with E-state index in [9.17, 15) is 35.4 Å². The Labute approximate surface area is 323 Å². The highest BCUT2D eigenvalue weighted by Gasteiger charge is 2.46. The number of aromatic hydroxyl groups is 3. The van der Waals surface area contributed by atoms with Crippen LogP contribution in [-0.4, -0.2) is 130 Å². The van der Waals surface area contributed by atoms with Crippen LogP contribution < -0.4 is 28.4 Å². The molecule has 306 valence electrons. The molecule has 56 heavy (non-hydrogen) atoms. The van der Waals surface area contributed by atoms with Gasteiger partial charge in [-0.05, 0) is 71.5 Å². The molecule has 2 aliphatic heterocycles. The molecule has 2 saturated heterocycles. The van der Waals surface area contributed by atoms with Gasteiger partial charge in [0.1, 0.15) is 31.0 Å². The lowest BCUT2D eigenvalue weighted by Gasteiger charge is -2.40. The largest absolute Gasteiger partial charge is 0.502 e. The lowest BCUT2D eigenvalue weighted by atomic mass is 9.84. The van der Waals surface area contributed by atoms with Crippen molar-refractivity contribution in [3.8, 4) is 51.7 Å². The van der Waals surface area contributed by atoms with Gasteiger partial charge >= 0.3 is 5.97 Å². The van der Waals surface area contributed by atoms with Crippen LogP contribution in [0.5, 0.6) is 51.7 Å². The SMILES string of the molecule is COc1cc(C=CC(=O)OCC2OC(OCC3C(Cc4cc(OC)c(O)c(OC)c4)COC3c3cc(OC)c(O)c(OC)c3)C(O)C(O)C2O)cc(OC)c1O. The first-order chi connectivity index (χ1) is 26.9. The number of benzene rings is 3. The minimum absolute atomic E-state index is 0.105. The summed E-state index contributed by atoms with van der Waals surface area (Å²) in [5.41, 5.74) is 1.80. The molecule has 0 spiro atoms. The number of rotatable bonds is 16. The smallest absolute Gasteiger partial charge is 0.330 e. The van der Waals surface area contributed by atoms with Crippen LogP contribution >= 0.6 is 0 Å². The van der Waals surface area contributed by atoms with E-state index in [0.717, 1.165) is 11.6 Å². The molecule has 5 rings (SSSR count). The molecule has 3 aromatic carbocycles. The summed E-state index contributed by atoms with van der Waals surface area (Å²) in [6, 6.07) is 9.55.